The van der Waals surface area contributed by atoms with Gasteiger partial charge in [0, 0.05) is 29.7 Å². The number of piperidine rings is 1. The molecule has 0 aromatic heterocycles. The van der Waals surface area contributed by atoms with Crippen molar-refractivity contribution in [3.05, 3.63) is 28.2 Å². The minimum absolute atomic E-state index is 0.131. The van der Waals surface area contributed by atoms with Gasteiger partial charge in [0.25, 0.3) is 0 Å². The molecule has 1 aromatic rings. The van der Waals surface area contributed by atoms with E-state index in [1.54, 1.807) is 0 Å². The topological polar surface area (TPSA) is 57.6 Å². The number of nitrogens with zero attached hydrogens (tertiary/aromatic N) is 1. The SMILES string of the molecule is O=S(=O)(c1c(F)cc(F)cc1Br)N1CCCCC1CCO. The zero-order valence-electron chi connectivity index (χ0n) is 11.2. The third kappa shape index (κ3) is 3.44. The summed E-state index contributed by atoms with van der Waals surface area (Å²) in [6.07, 6.45) is 2.48. The maximum absolute atomic E-state index is 13.9. The second-order valence-electron chi connectivity index (χ2n) is 4.98. The van der Waals surface area contributed by atoms with Crippen molar-refractivity contribution in [3.8, 4) is 0 Å². The van der Waals surface area contributed by atoms with Crippen LogP contribution in [0.5, 0.6) is 0 Å². The van der Waals surface area contributed by atoms with E-state index in [0.717, 1.165) is 12.5 Å². The van der Waals surface area contributed by atoms with Gasteiger partial charge >= 0.3 is 0 Å². The lowest BCUT2D eigenvalue weighted by molar-refractivity contribution is 0.192. The molecule has 21 heavy (non-hydrogen) atoms. The molecule has 1 aliphatic rings. The van der Waals surface area contributed by atoms with Crippen LogP contribution < -0.4 is 0 Å². The lowest BCUT2D eigenvalue weighted by Crippen LogP contribution is -2.44. The third-order valence-electron chi connectivity index (χ3n) is 3.57. The van der Waals surface area contributed by atoms with Crippen molar-refractivity contribution in [1.29, 1.82) is 0 Å². The molecule has 4 nitrogen and oxygen atoms in total. The summed E-state index contributed by atoms with van der Waals surface area (Å²) in [6.45, 7) is 0.139. The number of hydrogen-bond donors (Lipinski definition) is 1. The van der Waals surface area contributed by atoms with Crippen LogP contribution in [-0.2, 0) is 10.0 Å². The minimum Gasteiger partial charge on any atom is -0.396 e. The van der Waals surface area contributed by atoms with Crippen LogP contribution in [0.1, 0.15) is 25.7 Å². The lowest BCUT2D eigenvalue weighted by atomic mass is 10.0. The van der Waals surface area contributed by atoms with E-state index in [1.807, 2.05) is 0 Å². The van der Waals surface area contributed by atoms with Gasteiger partial charge < -0.3 is 5.11 Å². The van der Waals surface area contributed by atoms with E-state index in [-0.39, 0.29) is 23.7 Å². The quantitative estimate of drug-likeness (QED) is 0.869. The molecule has 1 unspecified atom stereocenters. The molecule has 1 N–H and O–H groups in total. The summed E-state index contributed by atoms with van der Waals surface area (Å²) in [5.41, 5.74) is 0. The monoisotopic (exact) mass is 383 g/mol. The highest BCUT2D eigenvalue weighted by Gasteiger charge is 2.36. The fraction of sp³-hybridized carbons (Fsp3) is 0.538. The van der Waals surface area contributed by atoms with Gasteiger partial charge in [0.2, 0.25) is 10.0 Å². The molecular weight excluding hydrogens is 368 g/mol. The Hall–Kier alpha value is -0.570. The van der Waals surface area contributed by atoms with Crippen molar-refractivity contribution in [2.45, 2.75) is 36.6 Å². The molecule has 2 rings (SSSR count). The number of halogens is 3. The summed E-state index contributed by atoms with van der Waals surface area (Å²) >= 11 is 2.92. The standard InChI is InChI=1S/C13H16BrF2NO3S/c14-11-7-9(15)8-12(16)13(11)21(19,20)17-5-2-1-3-10(17)4-6-18/h7-8,10,18H,1-6H2. The summed E-state index contributed by atoms with van der Waals surface area (Å²) in [4.78, 5) is -0.547. The van der Waals surface area contributed by atoms with Gasteiger partial charge in [0.1, 0.15) is 16.5 Å². The summed E-state index contributed by atoms with van der Waals surface area (Å²) in [6, 6.07) is 1.13. The smallest absolute Gasteiger partial charge is 0.247 e. The van der Waals surface area contributed by atoms with Gasteiger partial charge in [-0.3, -0.25) is 0 Å². The van der Waals surface area contributed by atoms with E-state index in [4.69, 9.17) is 5.11 Å². The molecule has 1 heterocycles. The van der Waals surface area contributed by atoms with Crippen LogP contribution in [0.2, 0.25) is 0 Å². The second kappa shape index (κ2) is 6.68. The largest absolute Gasteiger partial charge is 0.396 e. The Balaban J connectivity index is 2.45. The zero-order chi connectivity index (χ0) is 15.6. The van der Waals surface area contributed by atoms with Crippen LogP contribution in [0.15, 0.2) is 21.5 Å². The number of aliphatic hydroxyl groups excluding tert-OH is 1. The molecule has 0 spiro atoms. The van der Waals surface area contributed by atoms with Gasteiger partial charge in [0.15, 0.2) is 0 Å². The number of sulfonamides is 1. The summed E-state index contributed by atoms with van der Waals surface area (Å²) < 4.78 is 53.5. The van der Waals surface area contributed by atoms with E-state index in [9.17, 15) is 17.2 Å². The van der Waals surface area contributed by atoms with Gasteiger partial charge in [-0.1, -0.05) is 6.42 Å². The molecular formula is C13H16BrF2NO3S. The highest BCUT2D eigenvalue weighted by molar-refractivity contribution is 9.10. The molecule has 0 aliphatic carbocycles. The van der Waals surface area contributed by atoms with Gasteiger partial charge in [-0.05, 0) is 41.3 Å². The minimum atomic E-state index is -4.08. The maximum atomic E-state index is 13.9. The first-order chi connectivity index (χ1) is 9.87. The molecule has 1 aliphatic heterocycles. The fourth-order valence-corrected chi connectivity index (χ4v) is 5.46. The Morgan fingerprint density at radius 1 is 1.33 bits per heavy atom. The molecule has 0 saturated carbocycles. The van der Waals surface area contributed by atoms with Crippen molar-refractivity contribution < 1.29 is 22.3 Å². The van der Waals surface area contributed by atoms with Crippen molar-refractivity contribution in [1.82, 2.24) is 4.31 Å². The molecule has 1 saturated heterocycles. The number of rotatable bonds is 4. The highest BCUT2D eigenvalue weighted by Crippen LogP contribution is 2.33. The first-order valence-electron chi connectivity index (χ1n) is 6.65. The first kappa shape index (κ1) is 16.8. The molecule has 0 bridgehead atoms. The van der Waals surface area contributed by atoms with E-state index in [1.165, 1.54) is 4.31 Å². The Morgan fingerprint density at radius 2 is 2.05 bits per heavy atom. The van der Waals surface area contributed by atoms with E-state index in [0.29, 0.717) is 25.3 Å². The zero-order valence-corrected chi connectivity index (χ0v) is 13.6. The Bertz CT molecular complexity index is 599. The number of hydrogen-bond acceptors (Lipinski definition) is 3. The number of benzene rings is 1. The maximum Gasteiger partial charge on any atom is 0.247 e. The van der Waals surface area contributed by atoms with Crippen molar-refractivity contribution >= 4 is 26.0 Å². The summed E-state index contributed by atoms with van der Waals surface area (Å²) in [5, 5.41) is 9.06. The molecule has 118 valence electrons. The summed E-state index contributed by atoms with van der Waals surface area (Å²) in [7, 11) is -4.08. The Labute approximate surface area is 130 Å². The second-order valence-corrected chi connectivity index (χ2v) is 7.66. The molecule has 8 heteroatoms. The van der Waals surface area contributed by atoms with E-state index in [2.05, 4.69) is 15.9 Å². The van der Waals surface area contributed by atoms with Crippen LogP contribution >= 0.6 is 15.9 Å². The van der Waals surface area contributed by atoms with Crippen LogP contribution in [0.4, 0.5) is 8.78 Å². The third-order valence-corrected chi connectivity index (χ3v) is 6.48. The van der Waals surface area contributed by atoms with Gasteiger partial charge in [-0.25, -0.2) is 17.2 Å². The average Bonchev–Trinajstić information content (AvgIpc) is 2.37. The van der Waals surface area contributed by atoms with Gasteiger partial charge in [-0.15, -0.1) is 0 Å². The van der Waals surface area contributed by atoms with Crippen molar-refractivity contribution in [2.24, 2.45) is 0 Å². The molecule has 0 radical (unpaired) electrons. The normalized spacial score (nSPS) is 20.7. The van der Waals surface area contributed by atoms with Gasteiger partial charge in [-0.2, -0.15) is 4.31 Å². The molecule has 1 atom stereocenters. The molecule has 1 fully saturated rings. The average molecular weight is 384 g/mol. The summed E-state index contributed by atoms with van der Waals surface area (Å²) in [5.74, 6) is -1.96. The first-order valence-corrected chi connectivity index (χ1v) is 8.88. The Kier molecular flexibility index (Phi) is 5.34. The van der Waals surface area contributed by atoms with Crippen LogP contribution in [0.3, 0.4) is 0 Å². The Morgan fingerprint density at radius 3 is 2.67 bits per heavy atom. The van der Waals surface area contributed by atoms with Crippen LogP contribution in [0.25, 0.3) is 0 Å². The highest BCUT2D eigenvalue weighted by atomic mass is 79.9. The van der Waals surface area contributed by atoms with Crippen LogP contribution in [-0.4, -0.2) is 37.0 Å². The van der Waals surface area contributed by atoms with Crippen molar-refractivity contribution in [2.75, 3.05) is 13.2 Å². The molecule has 1 aromatic carbocycles. The van der Waals surface area contributed by atoms with Crippen LogP contribution in [0, 0.1) is 11.6 Å². The molecule has 0 amide bonds. The van der Waals surface area contributed by atoms with Crippen molar-refractivity contribution in [3.63, 3.8) is 0 Å². The van der Waals surface area contributed by atoms with Gasteiger partial charge in [0.05, 0.1) is 0 Å². The number of aliphatic hydroxyl groups is 1. The van der Waals surface area contributed by atoms with E-state index >= 15 is 0 Å². The predicted molar refractivity (Wildman–Crippen MR) is 77.3 cm³/mol. The van der Waals surface area contributed by atoms with E-state index < -0.39 is 26.6 Å². The fourth-order valence-electron chi connectivity index (χ4n) is 2.62. The predicted octanol–water partition coefficient (Wildman–Crippen LogP) is 2.65. The lowest BCUT2D eigenvalue weighted by Gasteiger charge is -2.34.